The standard InChI is InChI=1S/C14H25N3O3/c1-2-6-16(10-12-4-3-5-15-9-12)11-13(18)17-7-8-20-14(17)19/h12,15H,2-11H2,1H3. The van der Waals surface area contributed by atoms with Crippen molar-refractivity contribution >= 4 is 12.0 Å². The third-order valence-electron chi connectivity index (χ3n) is 3.88. The van der Waals surface area contributed by atoms with E-state index in [0.29, 0.717) is 25.6 Å². The maximum Gasteiger partial charge on any atom is 0.416 e. The van der Waals surface area contributed by atoms with Crippen molar-refractivity contribution in [2.24, 2.45) is 5.92 Å². The van der Waals surface area contributed by atoms with Gasteiger partial charge in [-0.1, -0.05) is 6.92 Å². The zero-order chi connectivity index (χ0) is 14.4. The molecule has 0 bridgehead atoms. The first kappa shape index (κ1) is 15.3. The van der Waals surface area contributed by atoms with Gasteiger partial charge in [-0.05, 0) is 44.8 Å². The highest BCUT2D eigenvalue weighted by molar-refractivity contribution is 5.94. The Hall–Kier alpha value is -1.14. The Morgan fingerprint density at radius 1 is 1.55 bits per heavy atom. The van der Waals surface area contributed by atoms with Gasteiger partial charge in [-0.25, -0.2) is 9.69 Å². The normalized spacial score (nSPS) is 23.2. The minimum atomic E-state index is -0.495. The molecule has 1 atom stereocenters. The van der Waals surface area contributed by atoms with Crippen molar-refractivity contribution in [3.63, 3.8) is 0 Å². The van der Waals surface area contributed by atoms with Crippen LogP contribution in [0.1, 0.15) is 26.2 Å². The van der Waals surface area contributed by atoms with Crippen LogP contribution in [0, 0.1) is 5.92 Å². The van der Waals surface area contributed by atoms with Crippen molar-refractivity contribution in [2.45, 2.75) is 26.2 Å². The molecule has 0 spiro atoms. The van der Waals surface area contributed by atoms with E-state index in [9.17, 15) is 9.59 Å². The van der Waals surface area contributed by atoms with E-state index < -0.39 is 6.09 Å². The average molecular weight is 283 g/mol. The van der Waals surface area contributed by atoms with Crippen LogP contribution in [-0.2, 0) is 9.53 Å². The molecule has 0 aromatic heterocycles. The molecule has 0 aromatic rings. The topological polar surface area (TPSA) is 61.9 Å². The summed E-state index contributed by atoms with van der Waals surface area (Å²) in [6.07, 6.45) is 2.94. The molecule has 0 aromatic carbocycles. The second-order valence-corrected chi connectivity index (χ2v) is 5.61. The van der Waals surface area contributed by atoms with Crippen molar-refractivity contribution in [2.75, 3.05) is 45.9 Å². The summed E-state index contributed by atoms with van der Waals surface area (Å²) < 4.78 is 4.82. The lowest BCUT2D eigenvalue weighted by Gasteiger charge is -2.30. The quantitative estimate of drug-likeness (QED) is 0.776. The van der Waals surface area contributed by atoms with Crippen molar-refractivity contribution in [1.29, 1.82) is 0 Å². The predicted octanol–water partition coefficient (Wildman–Crippen LogP) is 0.677. The molecule has 2 heterocycles. The van der Waals surface area contributed by atoms with Crippen LogP contribution in [-0.4, -0.2) is 67.7 Å². The maximum atomic E-state index is 12.2. The Labute approximate surface area is 120 Å². The van der Waals surface area contributed by atoms with E-state index in [1.165, 1.54) is 17.7 Å². The Kier molecular flexibility index (Phi) is 5.79. The highest BCUT2D eigenvalue weighted by Crippen LogP contribution is 2.13. The zero-order valence-electron chi connectivity index (χ0n) is 12.3. The first-order chi connectivity index (χ1) is 9.70. The lowest BCUT2D eigenvalue weighted by molar-refractivity contribution is -0.129. The molecule has 0 radical (unpaired) electrons. The van der Waals surface area contributed by atoms with Crippen LogP contribution in [0.15, 0.2) is 0 Å². The third-order valence-corrected chi connectivity index (χ3v) is 3.88. The van der Waals surface area contributed by atoms with Gasteiger partial charge in [0.05, 0.1) is 13.1 Å². The molecule has 2 aliphatic heterocycles. The molecule has 0 saturated carbocycles. The summed E-state index contributed by atoms with van der Waals surface area (Å²) in [5.74, 6) is 0.471. The van der Waals surface area contributed by atoms with Gasteiger partial charge in [0.1, 0.15) is 6.61 Å². The minimum Gasteiger partial charge on any atom is -0.447 e. The minimum absolute atomic E-state index is 0.135. The van der Waals surface area contributed by atoms with E-state index in [4.69, 9.17) is 4.74 Å². The summed E-state index contributed by atoms with van der Waals surface area (Å²) in [5, 5.41) is 3.40. The number of carbonyl (C=O) groups excluding carboxylic acids is 2. The number of nitrogens with zero attached hydrogens (tertiary/aromatic N) is 2. The third kappa shape index (κ3) is 4.18. The molecule has 2 rings (SSSR count). The number of rotatable bonds is 6. The van der Waals surface area contributed by atoms with E-state index in [1.54, 1.807) is 0 Å². The molecule has 2 saturated heterocycles. The number of carbonyl (C=O) groups is 2. The van der Waals surface area contributed by atoms with Gasteiger partial charge in [0, 0.05) is 6.54 Å². The Morgan fingerprint density at radius 2 is 2.40 bits per heavy atom. The Bertz CT molecular complexity index is 343. The van der Waals surface area contributed by atoms with Crippen LogP contribution < -0.4 is 5.32 Å². The molecule has 6 nitrogen and oxygen atoms in total. The summed E-state index contributed by atoms with van der Waals surface area (Å²) in [7, 11) is 0. The lowest BCUT2D eigenvalue weighted by atomic mass is 9.99. The Balaban J connectivity index is 1.84. The fourth-order valence-corrected chi connectivity index (χ4v) is 2.89. The van der Waals surface area contributed by atoms with Crippen LogP contribution in [0.4, 0.5) is 4.79 Å². The summed E-state index contributed by atoms with van der Waals surface area (Å²) >= 11 is 0. The zero-order valence-corrected chi connectivity index (χ0v) is 12.3. The number of piperidine rings is 1. The SMILES string of the molecule is CCCN(CC(=O)N1CCOC1=O)CC1CCCNC1. The largest absolute Gasteiger partial charge is 0.447 e. The van der Waals surface area contributed by atoms with Gasteiger partial charge in [-0.3, -0.25) is 9.69 Å². The van der Waals surface area contributed by atoms with Crippen molar-refractivity contribution in [1.82, 2.24) is 15.1 Å². The summed E-state index contributed by atoms with van der Waals surface area (Å²) in [6, 6.07) is 0. The Morgan fingerprint density at radius 3 is 3.00 bits per heavy atom. The molecular formula is C14H25N3O3. The van der Waals surface area contributed by atoms with Crippen LogP contribution in [0.5, 0.6) is 0 Å². The molecule has 6 heteroatoms. The number of hydrogen-bond donors (Lipinski definition) is 1. The van der Waals surface area contributed by atoms with Crippen molar-refractivity contribution < 1.29 is 14.3 Å². The highest BCUT2D eigenvalue weighted by atomic mass is 16.6. The van der Waals surface area contributed by atoms with E-state index in [-0.39, 0.29) is 5.91 Å². The van der Waals surface area contributed by atoms with Gasteiger partial charge in [0.15, 0.2) is 0 Å². The van der Waals surface area contributed by atoms with E-state index in [1.807, 2.05) is 0 Å². The lowest BCUT2D eigenvalue weighted by Crippen LogP contribution is -2.44. The predicted molar refractivity (Wildman–Crippen MR) is 75.4 cm³/mol. The molecule has 1 N–H and O–H groups in total. The van der Waals surface area contributed by atoms with Crippen molar-refractivity contribution in [3.8, 4) is 0 Å². The fraction of sp³-hybridized carbons (Fsp3) is 0.857. The maximum absolute atomic E-state index is 12.2. The van der Waals surface area contributed by atoms with E-state index in [2.05, 4.69) is 17.1 Å². The molecule has 2 fully saturated rings. The molecular weight excluding hydrogens is 258 g/mol. The molecule has 2 aliphatic rings. The van der Waals surface area contributed by atoms with Gasteiger partial charge in [0.25, 0.3) is 0 Å². The number of cyclic esters (lactones) is 1. The number of nitrogens with one attached hydrogen (secondary N) is 1. The van der Waals surface area contributed by atoms with Crippen LogP contribution in [0.25, 0.3) is 0 Å². The monoisotopic (exact) mass is 283 g/mol. The summed E-state index contributed by atoms with van der Waals surface area (Å²) in [4.78, 5) is 26.9. The van der Waals surface area contributed by atoms with Crippen LogP contribution in [0.2, 0.25) is 0 Å². The summed E-state index contributed by atoms with van der Waals surface area (Å²) in [5.41, 5.74) is 0. The average Bonchev–Trinajstić information content (AvgIpc) is 2.86. The molecule has 1 unspecified atom stereocenters. The van der Waals surface area contributed by atoms with Crippen LogP contribution >= 0.6 is 0 Å². The number of hydrogen-bond acceptors (Lipinski definition) is 5. The van der Waals surface area contributed by atoms with Crippen molar-refractivity contribution in [3.05, 3.63) is 0 Å². The van der Waals surface area contributed by atoms with Gasteiger partial charge in [-0.2, -0.15) is 0 Å². The van der Waals surface area contributed by atoms with Gasteiger partial charge >= 0.3 is 6.09 Å². The van der Waals surface area contributed by atoms with Gasteiger partial charge < -0.3 is 10.1 Å². The second kappa shape index (κ2) is 7.59. The van der Waals surface area contributed by atoms with E-state index in [0.717, 1.165) is 32.6 Å². The highest BCUT2D eigenvalue weighted by Gasteiger charge is 2.29. The fourth-order valence-electron chi connectivity index (χ4n) is 2.89. The smallest absolute Gasteiger partial charge is 0.416 e. The first-order valence-electron chi connectivity index (χ1n) is 7.61. The number of amides is 2. The molecule has 114 valence electrons. The van der Waals surface area contributed by atoms with Gasteiger partial charge in [0.2, 0.25) is 5.91 Å². The molecule has 20 heavy (non-hydrogen) atoms. The number of ether oxygens (including phenoxy) is 1. The van der Waals surface area contributed by atoms with Crippen LogP contribution in [0.3, 0.4) is 0 Å². The molecule has 0 aliphatic carbocycles. The first-order valence-corrected chi connectivity index (χ1v) is 7.61. The second-order valence-electron chi connectivity index (χ2n) is 5.61. The molecule has 2 amide bonds. The van der Waals surface area contributed by atoms with E-state index >= 15 is 0 Å². The summed E-state index contributed by atoms with van der Waals surface area (Å²) in [6.45, 7) is 7.09. The number of imide groups is 1. The van der Waals surface area contributed by atoms with Gasteiger partial charge in [-0.15, -0.1) is 0 Å².